The second-order valence-corrected chi connectivity index (χ2v) is 7.40. The van der Waals surface area contributed by atoms with Crippen molar-refractivity contribution in [3.63, 3.8) is 0 Å². The highest BCUT2D eigenvalue weighted by atomic mass is 32.1. The third-order valence-electron chi connectivity index (χ3n) is 4.43. The summed E-state index contributed by atoms with van der Waals surface area (Å²) < 4.78 is 20.2. The Balaban J connectivity index is 1.35. The van der Waals surface area contributed by atoms with Crippen LogP contribution in [-0.2, 0) is 16.0 Å². The van der Waals surface area contributed by atoms with E-state index in [-0.39, 0.29) is 12.4 Å². The number of rotatable bonds is 6. The van der Waals surface area contributed by atoms with E-state index in [1.165, 1.54) is 30.6 Å². The van der Waals surface area contributed by atoms with Gasteiger partial charge >= 0.3 is 11.8 Å². The van der Waals surface area contributed by atoms with Crippen molar-refractivity contribution in [1.82, 2.24) is 19.9 Å². The van der Waals surface area contributed by atoms with Gasteiger partial charge in [-0.05, 0) is 24.3 Å². The van der Waals surface area contributed by atoms with Gasteiger partial charge in [0.05, 0.1) is 12.8 Å². The molecule has 0 saturated carbocycles. The van der Waals surface area contributed by atoms with Crippen LogP contribution in [0.25, 0.3) is 16.3 Å². The number of thiazole rings is 1. The zero-order valence-corrected chi connectivity index (χ0v) is 17.3. The van der Waals surface area contributed by atoms with Crippen LogP contribution in [0.1, 0.15) is 5.69 Å². The van der Waals surface area contributed by atoms with Gasteiger partial charge in [0, 0.05) is 35.7 Å². The number of hydrogen-bond acceptors (Lipinski definition) is 6. The van der Waals surface area contributed by atoms with Gasteiger partial charge in [-0.1, -0.05) is 18.2 Å². The van der Waals surface area contributed by atoms with E-state index >= 15 is 0 Å². The molecule has 2 N–H and O–H groups in total. The SMILES string of the molecule is COc1cccc(NC(=O)C(=O)NCCc2csc3nc(-c4cccc(F)c4)nn23)c1. The predicted molar refractivity (Wildman–Crippen MR) is 115 cm³/mol. The Labute approximate surface area is 180 Å². The first kappa shape index (κ1) is 20.5. The third-order valence-corrected chi connectivity index (χ3v) is 5.30. The van der Waals surface area contributed by atoms with E-state index in [2.05, 4.69) is 20.7 Å². The van der Waals surface area contributed by atoms with Crippen molar-refractivity contribution in [2.75, 3.05) is 19.0 Å². The molecule has 0 fully saturated rings. The van der Waals surface area contributed by atoms with Gasteiger partial charge < -0.3 is 15.4 Å². The molecule has 2 aromatic carbocycles. The number of ether oxygens (including phenoxy) is 1. The van der Waals surface area contributed by atoms with Crippen molar-refractivity contribution in [1.29, 1.82) is 0 Å². The Morgan fingerprint density at radius 2 is 2.00 bits per heavy atom. The van der Waals surface area contributed by atoms with E-state index in [1.807, 2.05) is 5.38 Å². The number of methoxy groups -OCH3 is 1. The number of hydrogen-bond donors (Lipinski definition) is 2. The van der Waals surface area contributed by atoms with E-state index in [0.29, 0.717) is 34.2 Å². The predicted octanol–water partition coefficient (Wildman–Crippen LogP) is 2.90. The Morgan fingerprint density at radius 3 is 2.81 bits per heavy atom. The van der Waals surface area contributed by atoms with Crippen LogP contribution in [0, 0.1) is 5.82 Å². The summed E-state index contributed by atoms with van der Waals surface area (Å²) in [5.41, 5.74) is 1.87. The number of carbonyl (C=O) groups excluding carboxylic acids is 2. The molecule has 10 heteroatoms. The van der Waals surface area contributed by atoms with Gasteiger partial charge in [-0.2, -0.15) is 4.98 Å². The fourth-order valence-electron chi connectivity index (χ4n) is 2.92. The summed E-state index contributed by atoms with van der Waals surface area (Å²) in [5.74, 6) is -0.864. The van der Waals surface area contributed by atoms with Crippen molar-refractivity contribution < 1.29 is 18.7 Å². The number of fused-ring (bicyclic) bond motifs is 1. The standard InChI is InChI=1S/C21H18FN5O3S/c1-30-17-7-3-6-15(11-17)24-20(29)19(28)23-9-8-16-12-31-21-25-18(26-27(16)21)13-4-2-5-14(22)10-13/h2-7,10-12H,8-9H2,1H3,(H,23,28)(H,24,29). The topological polar surface area (TPSA) is 97.6 Å². The number of carbonyl (C=O) groups is 2. The van der Waals surface area contributed by atoms with Crippen molar-refractivity contribution >= 4 is 33.8 Å². The summed E-state index contributed by atoms with van der Waals surface area (Å²) in [6, 6.07) is 12.8. The van der Waals surface area contributed by atoms with E-state index in [1.54, 1.807) is 40.9 Å². The highest BCUT2D eigenvalue weighted by Crippen LogP contribution is 2.21. The van der Waals surface area contributed by atoms with Gasteiger partial charge in [-0.15, -0.1) is 16.4 Å². The molecule has 0 aliphatic rings. The van der Waals surface area contributed by atoms with Crippen LogP contribution in [0.3, 0.4) is 0 Å². The van der Waals surface area contributed by atoms with Crippen molar-refractivity contribution in [3.8, 4) is 17.1 Å². The molecule has 2 heterocycles. The maximum Gasteiger partial charge on any atom is 0.313 e. The third kappa shape index (κ3) is 4.69. The maximum absolute atomic E-state index is 13.5. The monoisotopic (exact) mass is 439 g/mol. The first-order valence-electron chi connectivity index (χ1n) is 9.36. The number of amides is 2. The number of nitrogens with one attached hydrogen (secondary N) is 2. The lowest BCUT2D eigenvalue weighted by atomic mass is 10.2. The molecule has 0 spiro atoms. The lowest BCUT2D eigenvalue weighted by molar-refractivity contribution is -0.136. The molecule has 0 saturated heterocycles. The molecule has 158 valence electrons. The first-order valence-corrected chi connectivity index (χ1v) is 10.2. The molecule has 0 aliphatic carbocycles. The van der Waals surface area contributed by atoms with Gasteiger partial charge in [-0.25, -0.2) is 8.91 Å². The molecule has 0 atom stereocenters. The van der Waals surface area contributed by atoms with Crippen LogP contribution < -0.4 is 15.4 Å². The molecule has 0 radical (unpaired) electrons. The van der Waals surface area contributed by atoms with Crippen molar-refractivity contribution in [2.45, 2.75) is 6.42 Å². The molecular formula is C21H18FN5O3S. The molecule has 4 rings (SSSR count). The zero-order valence-electron chi connectivity index (χ0n) is 16.5. The quantitative estimate of drug-likeness (QED) is 0.450. The van der Waals surface area contributed by atoms with E-state index < -0.39 is 11.8 Å². The molecule has 0 unspecified atom stereocenters. The Kier molecular flexibility index (Phi) is 5.89. The van der Waals surface area contributed by atoms with Crippen LogP contribution in [0.15, 0.2) is 53.9 Å². The second-order valence-electron chi connectivity index (χ2n) is 6.56. The van der Waals surface area contributed by atoms with Crippen LogP contribution in [0.4, 0.5) is 10.1 Å². The van der Waals surface area contributed by atoms with Gasteiger partial charge in [0.25, 0.3) is 0 Å². The summed E-state index contributed by atoms with van der Waals surface area (Å²) in [6.07, 6.45) is 0.449. The Hall–Kier alpha value is -3.79. The lowest BCUT2D eigenvalue weighted by Gasteiger charge is -2.07. The molecule has 31 heavy (non-hydrogen) atoms. The van der Waals surface area contributed by atoms with Gasteiger partial charge in [0.1, 0.15) is 11.6 Å². The normalized spacial score (nSPS) is 10.8. The van der Waals surface area contributed by atoms with Crippen molar-refractivity contribution in [2.24, 2.45) is 0 Å². The summed E-state index contributed by atoms with van der Waals surface area (Å²) >= 11 is 1.40. The van der Waals surface area contributed by atoms with Gasteiger partial charge in [0.2, 0.25) is 4.96 Å². The fraction of sp³-hybridized carbons (Fsp3) is 0.143. The lowest BCUT2D eigenvalue weighted by Crippen LogP contribution is -2.36. The molecular weight excluding hydrogens is 421 g/mol. The molecule has 0 aliphatic heterocycles. The highest BCUT2D eigenvalue weighted by molar-refractivity contribution is 7.15. The Morgan fingerprint density at radius 1 is 1.16 bits per heavy atom. The maximum atomic E-state index is 13.5. The number of halogens is 1. The van der Waals surface area contributed by atoms with Crippen LogP contribution >= 0.6 is 11.3 Å². The highest BCUT2D eigenvalue weighted by Gasteiger charge is 2.15. The largest absolute Gasteiger partial charge is 0.497 e. The summed E-state index contributed by atoms with van der Waals surface area (Å²) in [7, 11) is 1.52. The smallest absolute Gasteiger partial charge is 0.313 e. The number of nitrogens with zero attached hydrogens (tertiary/aromatic N) is 3. The first-order chi connectivity index (χ1) is 15.0. The summed E-state index contributed by atoms with van der Waals surface area (Å²) in [6.45, 7) is 0.241. The van der Waals surface area contributed by atoms with E-state index in [0.717, 1.165) is 5.69 Å². The molecule has 4 aromatic rings. The molecule has 2 amide bonds. The van der Waals surface area contributed by atoms with Crippen LogP contribution in [0.5, 0.6) is 5.75 Å². The average Bonchev–Trinajstić information content (AvgIpc) is 3.35. The number of anilines is 1. The van der Waals surface area contributed by atoms with Gasteiger partial charge in [-0.3, -0.25) is 9.59 Å². The summed E-state index contributed by atoms with van der Waals surface area (Å²) in [5, 5.41) is 11.4. The minimum absolute atomic E-state index is 0.241. The fourth-order valence-corrected chi connectivity index (χ4v) is 3.78. The minimum atomic E-state index is -0.766. The minimum Gasteiger partial charge on any atom is -0.497 e. The van der Waals surface area contributed by atoms with Crippen molar-refractivity contribution in [3.05, 3.63) is 65.4 Å². The second kappa shape index (κ2) is 8.92. The van der Waals surface area contributed by atoms with Gasteiger partial charge in [0.15, 0.2) is 5.82 Å². The zero-order chi connectivity index (χ0) is 21.8. The molecule has 2 aromatic heterocycles. The number of benzene rings is 2. The molecule has 8 nitrogen and oxygen atoms in total. The van der Waals surface area contributed by atoms with E-state index in [9.17, 15) is 14.0 Å². The Bertz CT molecular complexity index is 1250. The average molecular weight is 439 g/mol. The number of aromatic nitrogens is 3. The van der Waals surface area contributed by atoms with Crippen LogP contribution in [-0.4, -0.2) is 40.1 Å². The van der Waals surface area contributed by atoms with E-state index in [4.69, 9.17) is 4.74 Å². The van der Waals surface area contributed by atoms with Crippen LogP contribution in [0.2, 0.25) is 0 Å². The summed E-state index contributed by atoms with van der Waals surface area (Å²) in [4.78, 5) is 29.3. The molecule has 0 bridgehead atoms.